The van der Waals surface area contributed by atoms with Crippen LogP contribution >= 0.6 is 11.8 Å². The molecule has 16 heavy (non-hydrogen) atoms. The quantitative estimate of drug-likeness (QED) is 0.608. The van der Waals surface area contributed by atoms with Gasteiger partial charge in [-0.3, -0.25) is 4.79 Å². The fraction of sp³-hybridized carbons (Fsp3) is 0.909. The Morgan fingerprint density at radius 1 is 1.62 bits per heavy atom. The number of halogens is 1. The van der Waals surface area contributed by atoms with E-state index in [-0.39, 0.29) is 17.9 Å². The van der Waals surface area contributed by atoms with Gasteiger partial charge in [0.15, 0.2) is 0 Å². The summed E-state index contributed by atoms with van der Waals surface area (Å²) in [7, 11) is 0. The van der Waals surface area contributed by atoms with Crippen LogP contribution in [-0.2, 0) is 4.79 Å². The second kappa shape index (κ2) is 5.61. The summed E-state index contributed by atoms with van der Waals surface area (Å²) in [4.78, 5) is 13.8. The van der Waals surface area contributed by atoms with E-state index in [0.29, 0.717) is 17.0 Å². The molecule has 1 amide bonds. The van der Waals surface area contributed by atoms with Crippen molar-refractivity contribution in [1.29, 1.82) is 0 Å². The minimum Gasteiger partial charge on any atom is -1.00 e. The van der Waals surface area contributed by atoms with Gasteiger partial charge >= 0.3 is 0 Å². The van der Waals surface area contributed by atoms with Crippen LogP contribution in [0.15, 0.2) is 0 Å². The van der Waals surface area contributed by atoms with Crippen LogP contribution in [0.3, 0.4) is 0 Å². The van der Waals surface area contributed by atoms with Gasteiger partial charge in [-0.15, -0.1) is 11.8 Å². The summed E-state index contributed by atoms with van der Waals surface area (Å²) >= 11 is 1.84. The number of quaternary nitrogens is 1. The van der Waals surface area contributed by atoms with Crippen molar-refractivity contribution in [2.24, 2.45) is 0 Å². The van der Waals surface area contributed by atoms with Crippen LogP contribution in [0, 0.1) is 0 Å². The van der Waals surface area contributed by atoms with Crippen molar-refractivity contribution < 1.29 is 22.5 Å². The van der Waals surface area contributed by atoms with E-state index in [9.17, 15) is 4.79 Å². The number of thioether (sulfide) groups is 1. The fourth-order valence-corrected chi connectivity index (χ4v) is 4.12. The molecule has 2 heterocycles. The molecule has 2 atom stereocenters. The highest BCUT2D eigenvalue weighted by Crippen LogP contribution is 2.34. The van der Waals surface area contributed by atoms with E-state index >= 15 is 0 Å². The first-order valence-electron chi connectivity index (χ1n) is 5.93. The molecule has 2 rings (SSSR count). The Kier molecular flexibility index (Phi) is 4.95. The molecule has 2 fully saturated rings. The second-order valence-corrected chi connectivity index (χ2v) is 5.92. The normalized spacial score (nSPS) is 33.5. The highest BCUT2D eigenvalue weighted by molar-refractivity contribution is 8.01. The molecule has 0 radical (unpaired) electrons. The smallest absolute Gasteiger partial charge is 0.233 e. The number of hydrogen-bond donors (Lipinski definition) is 1. The standard InChI is InChI=1S/C11H20N2OS.ClH/c1-3-4-5-11(2)10-13(7-6-12-11)9(14)8-15-10;/h10,12H,3-8H2,1-2H3;1H. The third-order valence-corrected chi connectivity index (χ3v) is 5.10. The van der Waals surface area contributed by atoms with Crippen molar-refractivity contribution in [3.8, 4) is 0 Å². The number of hydrogen-bond acceptors (Lipinski definition) is 2. The molecule has 94 valence electrons. The zero-order chi connectivity index (χ0) is 10.9. The average molecular weight is 265 g/mol. The lowest BCUT2D eigenvalue weighted by Crippen LogP contribution is -3.02. The molecule has 0 aromatic rings. The molecule has 2 N–H and O–H groups in total. The first-order valence-corrected chi connectivity index (χ1v) is 6.98. The summed E-state index contributed by atoms with van der Waals surface area (Å²) < 4.78 is 0. The Morgan fingerprint density at radius 3 is 3.06 bits per heavy atom. The molecule has 0 bridgehead atoms. The largest absolute Gasteiger partial charge is 1.00 e. The number of nitrogens with two attached hydrogens (primary N) is 1. The van der Waals surface area contributed by atoms with Crippen LogP contribution in [-0.4, -0.2) is 40.6 Å². The number of fused-ring (bicyclic) bond motifs is 1. The van der Waals surface area contributed by atoms with Crippen molar-refractivity contribution in [2.45, 2.75) is 44.0 Å². The van der Waals surface area contributed by atoms with Crippen molar-refractivity contribution in [3.05, 3.63) is 0 Å². The third kappa shape index (κ3) is 2.49. The molecule has 0 aromatic carbocycles. The van der Waals surface area contributed by atoms with Gasteiger partial charge in [-0.1, -0.05) is 13.3 Å². The summed E-state index contributed by atoms with van der Waals surface area (Å²) in [5.41, 5.74) is 0.255. The zero-order valence-electron chi connectivity index (χ0n) is 10.0. The first kappa shape index (κ1) is 14.1. The number of piperazine rings is 1. The van der Waals surface area contributed by atoms with E-state index in [4.69, 9.17) is 0 Å². The Bertz CT molecular complexity index is 264. The molecule has 0 spiro atoms. The van der Waals surface area contributed by atoms with Gasteiger partial charge in [0.05, 0.1) is 18.8 Å². The predicted octanol–water partition coefficient (Wildman–Crippen LogP) is -2.58. The molecule has 2 saturated heterocycles. The molecular weight excluding hydrogens is 244 g/mol. The van der Waals surface area contributed by atoms with Crippen LogP contribution in [0.2, 0.25) is 0 Å². The Morgan fingerprint density at radius 2 is 2.38 bits per heavy atom. The lowest BCUT2D eigenvalue weighted by atomic mass is 9.92. The molecule has 2 aliphatic heterocycles. The average Bonchev–Trinajstić information content (AvgIpc) is 2.60. The fourth-order valence-electron chi connectivity index (χ4n) is 2.66. The number of carbonyl (C=O) groups is 1. The monoisotopic (exact) mass is 264 g/mol. The molecule has 2 unspecified atom stereocenters. The Hall–Kier alpha value is 0.0700. The summed E-state index contributed by atoms with van der Waals surface area (Å²) in [6.45, 7) is 6.57. The molecule has 5 heteroatoms. The second-order valence-electron chi connectivity index (χ2n) is 4.85. The predicted molar refractivity (Wildman–Crippen MR) is 62.7 cm³/mol. The van der Waals surface area contributed by atoms with E-state index in [1.807, 2.05) is 11.8 Å². The molecule has 0 aliphatic carbocycles. The van der Waals surface area contributed by atoms with E-state index in [1.165, 1.54) is 19.3 Å². The van der Waals surface area contributed by atoms with Crippen molar-refractivity contribution in [1.82, 2.24) is 4.90 Å². The summed E-state index contributed by atoms with van der Waals surface area (Å²) in [6, 6.07) is 0. The highest BCUT2D eigenvalue weighted by Gasteiger charge is 2.49. The van der Waals surface area contributed by atoms with Gasteiger partial charge in [-0.2, -0.15) is 0 Å². The number of rotatable bonds is 3. The minimum absolute atomic E-state index is 0. The van der Waals surface area contributed by atoms with E-state index in [2.05, 4.69) is 24.1 Å². The van der Waals surface area contributed by atoms with Gasteiger partial charge in [0, 0.05) is 6.42 Å². The number of amides is 1. The summed E-state index contributed by atoms with van der Waals surface area (Å²) in [6.07, 6.45) is 3.74. The number of nitrogens with zero attached hydrogens (tertiary/aromatic N) is 1. The van der Waals surface area contributed by atoms with Crippen LogP contribution in [0.25, 0.3) is 0 Å². The van der Waals surface area contributed by atoms with Gasteiger partial charge in [-0.25, -0.2) is 0 Å². The van der Waals surface area contributed by atoms with Crippen molar-refractivity contribution in [3.63, 3.8) is 0 Å². The number of unbranched alkanes of at least 4 members (excludes halogenated alkanes) is 1. The maximum absolute atomic E-state index is 11.7. The number of carbonyl (C=O) groups excluding carboxylic acids is 1. The Labute approximate surface area is 108 Å². The van der Waals surface area contributed by atoms with Crippen LogP contribution < -0.4 is 17.7 Å². The topological polar surface area (TPSA) is 36.9 Å². The molecule has 3 nitrogen and oxygen atoms in total. The van der Waals surface area contributed by atoms with Crippen LogP contribution in [0.5, 0.6) is 0 Å². The molecule has 0 saturated carbocycles. The van der Waals surface area contributed by atoms with Gasteiger partial charge in [-0.05, 0) is 13.3 Å². The van der Waals surface area contributed by atoms with Crippen molar-refractivity contribution in [2.75, 3.05) is 18.8 Å². The summed E-state index contributed by atoms with van der Waals surface area (Å²) in [5, 5.41) is 2.88. The maximum Gasteiger partial charge on any atom is 0.233 e. The van der Waals surface area contributed by atoms with Crippen LogP contribution in [0.4, 0.5) is 0 Å². The third-order valence-electron chi connectivity index (χ3n) is 3.58. The van der Waals surface area contributed by atoms with Gasteiger partial charge in [0.1, 0.15) is 10.9 Å². The van der Waals surface area contributed by atoms with Gasteiger partial charge < -0.3 is 22.6 Å². The van der Waals surface area contributed by atoms with E-state index < -0.39 is 0 Å². The molecular formula is C11H21ClN2OS. The SMILES string of the molecule is CCCCC1(C)[NH2+]CCN2C(=O)CSC21.[Cl-]. The highest BCUT2D eigenvalue weighted by atomic mass is 35.5. The Balaban J connectivity index is 0.00000128. The maximum atomic E-state index is 11.7. The van der Waals surface area contributed by atoms with Gasteiger partial charge in [0.2, 0.25) is 5.91 Å². The molecule has 0 aromatic heterocycles. The lowest BCUT2D eigenvalue weighted by Gasteiger charge is -2.41. The van der Waals surface area contributed by atoms with Crippen molar-refractivity contribution >= 4 is 17.7 Å². The minimum atomic E-state index is 0. The zero-order valence-corrected chi connectivity index (χ0v) is 11.6. The van der Waals surface area contributed by atoms with E-state index in [0.717, 1.165) is 13.1 Å². The van der Waals surface area contributed by atoms with Gasteiger partial charge in [0.25, 0.3) is 0 Å². The summed E-state index contributed by atoms with van der Waals surface area (Å²) in [5.74, 6) is 1.04. The van der Waals surface area contributed by atoms with Crippen LogP contribution in [0.1, 0.15) is 33.1 Å². The molecule has 2 aliphatic rings. The first-order chi connectivity index (χ1) is 7.17. The lowest BCUT2D eigenvalue weighted by molar-refractivity contribution is -0.735. The van der Waals surface area contributed by atoms with E-state index in [1.54, 1.807) is 0 Å².